The van der Waals surface area contributed by atoms with Crippen LogP contribution in [0.15, 0.2) is 65.7 Å². The molecule has 0 saturated carbocycles. The fourth-order valence-electron chi connectivity index (χ4n) is 2.91. The highest BCUT2D eigenvalue weighted by Crippen LogP contribution is 2.13. The lowest BCUT2D eigenvalue weighted by atomic mass is 10.1. The van der Waals surface area contributed by atoms with Gasteiger partial charge in [-0.2, -0.15) is 0 Å². The van der Waals surface area contributed by atoms with E-state index in [0.717, 1.165) is 6.08 Å². The maximum Gasteiger partial charge on any atom is 0.326 e. The van der Waals surface area contributed by atoms with Crippen LogP contribution in [-0.4, -0.2) is 52.0 Å². The predicted octanol–water partition coefficient (Wildman–Crippen LogP) is 0.376. The lowest BCUT2D eigenvalue weighted by Gasteiger charge is -2.20. The monoisotopic (exact) mass is 467 g/mol. The highest BCUT2D eigenvalue weighted by atomic mass is 16.4. The smallest absolute Gasteiger partial charge is 0.326 e. The summed E-state index contributed by atoms with van der Waals surface area (Å²) in [5.41, 5.74) is 12.4. The number of aliphatic imine (C=N–C) groups is 1. The average Bonchev–Trinajstić information content (AvgIpc) is 2.77. The highest BCUT2D eigenvalue weighted by molar-refractivity contribution is 5.97. The molecule has 0 aliphatic heterocycles. The van der Waals surface area contributed by atoms with Crippen LogP contribution in [0, 0.1) is 0 Å². The van der Waals surface area contributed by atoms with Gasteiger partial charge in [-0.05, 0) is 29.3 Å². The summed E-state index contributed by atoms with van der Waals surface area (Å²) in [5.74, 6) is -4.38. The Morgan fingerprint density at radius 1 is 0.912 bits per heavy atom. The summed E-state index contributed by atoms with van der Waals surface area (Å²) in [6.07, 6.45) is 1.83. The van der Waals surface area contributed by atoms with Crippen LogP contribution < -0.4 is 22.1 Å². The van der Waals surface area contributed by atoms with E-state index in [1.807, 2.05) is 0 Å². The number of nitrogens with two attached hydrogens (primary N) is 2. The van der Waals surface area contributed by atoms with E-state index < -0.39 is 42.3 Å². The highest BCUT2D eigenvalue weighted by Gasteiger charge is 2.28. The second-order valence-corrected chi connectivity index (χ2v) is 7.21. The third-order valence-corrected chi connectivity index (χ3v) is 4.49. The van der Waals surface area contributed by atoms with Gasteiger partial charge >= 0.3 is 11.9 Å². The van der Waals surface area contributed by atoms with Crippen LogP contribution >= 0.6 is 0 Å². The molecule has 2 amide bonds. The molecule has 2 aromatic carbocycles. The number of aliphatic carboxylic acids is 2. The zero-order valence-electron chi connectivity index (χ0n) is 18.0. The van der Waals surface area contributed by atoms with E-state index in [2.05, 4.69) is 15.6 Å². The van der Waals surface area contributed by atoms with E-state index in [1.54, 1.807) is 54.6 Å². The van der Waals surface area contributed by atoms with Crippen molar-refractivity contribution in [2.75, 3.05) is 0 Å². The molecule has 2 aromatic rings. The number of carboxylic acids is 2. The van der Waals surface area contributed by atoms with Crippen molar-refractivity contribution < 1.29 is 29.4 Å². The number of hydrogen-bond acceptors (Lipinski definition) is 5. The maximum atomic E-state index is 12.6. The molecule has 11 heteroatoms. The minimum Gasteiger partial charge on any atom is -0.481 e. The second kappa shape index (κ2) is 12.4. The van der Waals surface area contributed by atoms with E-state index in [1.165, 1.54) is 6.08 Å². The Hall–Kier alpha value is -4.67. The summed E-state index contributed by atoms with van der Waals surface area (Å²) < 4.78 is 0. The first-order chi connectivity index (χ1) is 16.1. The zero-order valence-corrected chi connectivity index (χ0v) is 18.0. The van der Waals surface area contributed by atoms with Crippen LogP contribution in [0.25, 0.3) is 6.08 Å². The maximum absolute atomic E-state index is 12.6. The molecule has 0 aromatic heterocycles. The van der Waals surface area contributed by atoms with Crippen molar-refractivity contribution in [2.24, 2.45) is 16.5 Å². The largest absolute Gasteiger partial charge is 0.481 e. The third kappa shape index (κ3) is 8.83. The van der Waals surface area contributed by atoms with Gasteiger partial charge in [-0.15, -0.1) is 0 Å². The first-order valence-electron chi connectivity index (χ1n) is 10.1. The standard InChI is InChI=1S/C23H25N5O6/c24-23(25)26-16-9-6-14(7-10-16)8-11-19(29)27-17(13-20(30)31)21(32)28-18(22(33)34)12-15-4-2-1-3-5-15/h1-11,17-18H,12-13H2,(H,27,29)(H,28,32)(H,30,31)(H,33,34)(H4,24,25,26)/t17-,18-/m0/s1. The van der Waals surface area contributed by atoms with Crippen molar-refractivity contribution >= 4 is 41.5 Å². The molecule has 0 unspecified atom stereocenters. The summed E-state index contributed by atoms with van der Waals surface area (Å²) in [5, 5.41) is 23.2. The Morgan fingerprint density at radius 3 is 2.12 bits per heavy atom. The molecular weight excluding hydrogens is 442 g/mol. The number of guanidine groups is 1. The van der Waals surface area contributed by atoms with Gasteiger partial charge in [-0.3, -0.25) is 14.4 Å². The molecule has 0 fully saturated rings. The Balaban J connectivity index is 2.05. The van der Waals surface area contributed by atoms with Crippen molar-refractivity contribution in [1.29, 1.82) is 0 Å². The molecule has 178 valence electrons. The van der Waals surface area contributed by atoms with Crippen molar-refractivity contribution in [2.45, 2.75) is 24.9 Å². The fraction of sp³-hybridized carbons (Fsp3) is 0.174. The van der Waals surface area contributed by atoms with E-state index in [9.17, 15) is 24.3 Å². The second-order valence-electron chi connectivity index (χ2n) is 7.21. The number of carboxylic acid groups (broad SMARTS) is 2. The van der Waals surface area contributed by atoms with Gasteiger partial charge in [0.25, 0.3) is 0 Å². The quantitative estimate of drug-likeness (QED) is 0.155. The molecule has 2 atom stereocenters. The molecule has 34 heavy (non-hydrogen) atoms. The lowest BCUT2D eigenvalue weighted by molar-refractivity contribution is -0.143. The van der Waals surface area contributed by atoms with Crippen molar-refractivity contribution in [3.63, 3.8) is 0 Å². The summed E-state index contributed by atoms with van der Waals surface area (Å²) >= 11 is 0. The number of nitrogens with one attached hydrogen (secondary N) is 2. The first-order valence-corrected chi connectivity index (χ1v) is 10.1. The van der Waals surface area contributed by atoms with Crippen LogP contribution in [0.2, 0.25) is 0 Å². The summed E-state index contributed by atoms with van der Waals surface area (Å²) in [6.45, 7) is 0. The van der Waals surface area contributed by atoms with Crippen LogP contribution in [0.5, 0.6) is 0 Å². The van der Waals surface area contributed by atoms with Gasteiger partial charge in [-0.25, -0.2) is 9.79 Å². The molecule has 2 rings (SSSR count). The van der Waals surface area contributed by atoms with Gasteiger partial charge in [0, 0.05) is 12.5 Å². The van der Waals surface area contributed by atoms with Crippen molar-refractivity contribution in [3.8, 4) is 0 Å². The molecule has 8 N–H and O–H groups in total. The fourth-order valence-corrected chi connectivity index (χ4v) is 2.91. The van der Waals surface area contributed by atoms with Gasteiger partial charge in [0.05, 0.1) is 12.1 Å². The van der Waals surface area contributed by atoms with E-state index in [4.69, 9.17) is 16.6 Å². The van der Waals surface area contributed by atoms with Gasteiger partial charge < -0.3 is 32.3 Å². The normalized spacial score (nSPS) is 12.4. The topological polar surface area (TPSA) is 197 Å². The first kappa shape index (κ1) is 25.6. The summed E-state index contributed by atoms with van der Waals surface area (Å²) in [7, 11) is 0. The predicted molar refractivity (Wildman–Crippen MR) is 125 cm³/mol. The molecule has 0 bridgehead atoms. The number of benzene rings is 2. The third-order valence-electron chi connectivity index (χ3n) is 4.49. The Morgan fingerprint density at radius 2 is 1.56 bits per heavy atom. The van der Waals surface area contributed by atoms with E-state index in [-0.39, 0.29) is 12.4 Å². The van der Waals surface area contributed by atoms with E-state index >= 15 is 0 Å². The number of hydrogen-bond donors (Lipinski definition) is 6. The Kier molecular flexibility index (Phi) is 9.32. The minimum absolute atomic E-state index is 0.00853. The van der Waals surface area contributed by atoms with Crippen molar-refractivity contribution in [3.05, 3.63) is 71.8 Å². The molecular formula is C23H25N5O6. The van der Waals surface area contributed by atoms with Crippen LogP contribution in [0.4, 0.5) is 5.69 Å². The average molecular weight is 467 g/mol. The van der Waals surface area contributed by atoms with Gasteiger partial charge in [-0.1, -0.05) is 42.5 Å². The molecule has 0 aliphatic rings. The molecule has 0 saturated heterocycles. The van der Waals surface area contributed by atoms with Crippen LogP contribution in [0.1, 0.15) is 17.5 Å². The van der Waals surface area contributed by atoms with Crippen LogP contribution in [0.3, 0.4) is 0 Å². The number of carbonyl (C=O) groups excluding carboxylic acids is 2. The lowest BCUT2D eigenvalue weighted by Crippen LogP contribution is -2.52. The number of nitrogens with zero attached hydrogens (tertiary/aromatic N) is 1. The molecule has 11 nitrogen and oxygen atoms in total. The van der Waals surface area contributed by atoms with Crippen molar-refractivity contribution in [1.82, 2.24) is 10.6 Å². The number of amides is 2. The Labute approximate surface area is 195 Å². The van der Waals surface area contributed by atoms with Crippen LogP contribution in [-0.2, 0) is 25.6 Å². The molecule has 0 heterocycles. The number of rotatable bonds is 11. The summed E-state index contributed by atoms with van der Waals surface area (Å²) in [6, 6.07) is 12.4. The minimum atomic E-state index is -1.48. The molecule has 0 radical (unpaired) electrons. The molecule has 0 spiro atoms. The summed E-state index contributed by atoms with van der Waals surface area (Å²) in [4.78, 5) is 51.6. The Bertz CT molecular complexity index is 1080. The van der Waals surface area contributed by atoms with E-state index in [0.29, 0.717) is 16.8 Å². The van der Waals surface area contributed by atoms with Gasteiger partial charge in [0.15, 0.2) is 5.96 Å². The zero-order chi connectivity index (χ0) is 25.1. The van der Waals surface area contributed by atoms with Gasteiger partial charge in [0.1, 0.15) is 12.1 Å². The van der Waals surface area contributed by atoms with Gasteiger partial charge in [0.2, 0.25) is 11.8 Å². The number of carbonyl (C=O) groups is 4. The molecule has 0 aliphatic carbocycles. The SMILES string of the molecule is NC(N)=Nc1ccc(C=CC(=O)N[C@@H](CC(=O)O)C(=O)N[C@@H](Cc2ccccc2)C(=O)O)cc1.